The van der Waals surface area contributed by atoms with Crippen LogP contribution in [-0.4, -0.2) is 25.6 Å². The molecule has 0 amide bonds. The van der Waals surface area contributed by atoms with Crippen molar-refractivity contribution >= 4 is 17.0 Å². The van der Waals surface area contributed by atoms with Crippen molar-refractivity contribution in [1.82, 2.24) is 14.5 Å². The number of nitrogens with zero attached hydrogens (tertiary/aromatic N) is 2. The van der Waals surface area contributed by atoms with Crippen molar-refractivity contribution in [2.45, 2.75) is 0 Å². The van der Waals surface area contributed by atoms with Crippen LogP contribution in [0.2, 0.25) is 0 Å². The van der Waals surface area contributed by atoms with E-state index >= 15 is 0 Å². The maximum Gasteiger partial charge on any atom is 0.335 e. The van der Waals surface area contributed by atoms with Crippen LogP contribution in [0.3, 0.4) is 0 Å². The second-order valence-electron chi connectivity index (χ2n) is 4.44. The molecular weight excluding hydrogens is 258 g/mol. The maximum atomic E-state index is 11.4. The normalized spacial score (nSPS) is 10.8. The highest BCUT2D eigenvalue weighted by atomic mass is 16.4. The minimum Gasteiger partial charge on any atom is -0.478 e. The minimum atomic E-state index is -0.991. The Hall–Kier alpha value is -2.89. The number of H-pyrrole nitrogens is 1. The van der Waals surface area contributed by atoms with Crippen LogP contribution in [0.15, 0.2) is 41.3 Å². The highest BCUT2D eigenvalue weighted by molar-refractivity contribution is 5.93. The Morgan fingerprint density at radius 1 is 1.30 bits per heavy atom. The zero-order valence-corrected chi connectivity index (χ0v) is 10.6. The summed E-state index contributed by atoms with van der Waals surface area (Å²) in [5.41, 5.74) is 2.06. The first-order chi connectivity index (χ1) is 9.56. The van der Waals surface area contributed by atoms with Gasteiger partial charge in [0.25, 0.3) is 0 Å². The van der Waals surface area contributed by atoms with E-state index in [9.17, 15) is 9.59 Å². The van der Waals surface area contributed by atoms with Crippen molar-refractivity contribution in [2.75, 3.05) is 0 Å². The molecule has 20 heavy (non-hydrogen) atoms. The number of fused-ring (bicyclic) bond motifs is 1. The fourth-order valence-corrected chi connectivity index (χ4v) is 2.17. The molecule has 3 rings (SSSR count). The van der Waals surface area contributed by atoms with E-state index in [1.54, 1.807) is 18.3 Å². The molecule has 6 heteroatoms. The Labute approximate surface area is 113 Å². The van der Waals surface area contributed by atoms with E-state index in [-0.39, 0.29) is 11.1 Å². The first-order valence-corrected chi connectivity index (χ1v) is 5.95. The van der Waals surface area contributed by atoms with Gasteiger partial charge in [0.1, 0.15) is 5.82 Å². The molecule has 0 aliphatic carbocycles. The van der Waals surface area contributed by atoms with E-state index in [2.05, 4.69) is 9.97 Å². The lowest BCUT2D eigenvalue weighted by Crippen LogP contribution is -2.03. The average molecular weight is 269 g/mol. The van der Waals surface area contributed by atoms with Gasteiger partial charge in [-0.1, -0.05) is 0 Å². The minimum absolute atomic E-state index is 0.188. The molecule has 0 aliphatic heterocycles. The van der Waals surface area contributed by atoms with Gasteiger partial charge in [0.15, 0.2) is 0 Å². The van der Waals surface area contributed by atoms with E-state index in [4.69, 9.17) is 5.11 Å². The molecule has 2 heterocycles. The molecule has 2 aromatic heterocycles. The van der Waals surface area contributed by atoms with Gasteiger partial charge in [-0.05, 0) is 24.3 Å². The van der Waals surface area contributed by atoms with Gasteiger partial charge in [-0.2, -0.15) is 0 Å². The Balaban J connectivity index is 2.25. The molecule has 0 atom stereocenters. The zero-order valence-electron chi connectivity index (χ0n) is 10.6. The lowest BCUT2D eigenvalue weighted by Gasteiger charge is -2.01. The molecule has 0 unspecified atom stereocenters. The molecule has 100 valence electrons. The number of carboxylic acid groups (broad SMARTS) is 1. The third-order valence-corrected chi connectivity index (χ3v) is 3.16. The number of aromatic amines is 1. The van der Waals surface area contributed by atoms with Gasteiger partial charge in [-0.25, -0.2) is 9.78 Å². The number of aromatic nitrogens is 3. The largest absolute Gasteiger partial charge is 0.478 e. The van der Waals surface area contributed by atoms with Crippen LogP contribution >= 0.6 is 0 Å². The second kappa shape index (κ2) is 4.34. The van der Waals surface area contributed by atoms with Crippen LogP contribution in [0.5, 0.6) is 0 Å². The van der Waals surface area contributed by atoms with Crippen LogP contribution in [0.25, 0.3) is 22.4 Å². The molecule has 3 aromatic rings. The first kappa shape index (κ1) is 12.2. The number of hydrogen-bond acceptors (Lipinski definition) is 3. The third kappa shape index (κ3) is 1.87. The predicted octanol–water partition coefficient (Wildman–Crippen LogP) is 1.63. The van der Waals surface area contributed by atoms with E-state index in [1.807, 2.05) is 11.6 Å². The van der Waals surface area contributed by atoms with Crippen LogP contribution in [0.4, 0.5) is 0 Å². The van der Waals surface area contributed by atoms with E-state index < -0.39 is 5.97 Å². The molecule has 0 saturated heterocycles. The summed E-state index contributed by atoms with van der Waals surface area (Å²) >= 11 is 0. The summed E-state index contributed by atoms with van der Waals surface area (Å²) in [4.78, 5) is 29.3. The summed E-state index contributed by atoms with van der Waals surface area (Å²) in [5.74, 6) is -0.371. The molecule has 2 N–H and O–H groups in total. The molecule has 0 radical (unpaired) electrons. The van der Waals surface area contributed by atoms with Gasteiger partial charge in [-0.15, -0.1) is 0 Å². The second-order valence-corrected chi connectivity index (χ2v) is 4.44. The molecule has 0 aliphatic rings. The van der Waals surface area contributed by atoms with Crippen LogP contribution in [0, 0.1) is 0 Å². The fraction of sp³-hybridized carbons (Fsp3) is 0.0714. The standard InChI is InChI=1S/C14H11N3O3/c1-17-11-3-2-9(14(19)20)6-10(11)16-13(17)8-4-5-15-12(18)7-8/h2-7H,1H3,(H,15,18)(H,19,20). The van der Waals surface area contributed by atoms with Gasteiger partial charge in [-0.3, -0.25) is 4.79 Å². The number of hydrogen-bond donors (Lipinski definition) is 2. The summed E-state index contributed by atoms with van der Waals surface area (Å²) in [5, 5.41) is 8.99. The van der Waals surface area contributed by atoms with Gasteiger partial charge < -0.3 is 14.7 Å². The molecule has 0 saturated carbocycles. The van der Waals surface area contributed by atoms with E-state index in [0.717, 1.165) is 5.52 Å². The fourth-order valence-electron chi connectivity index (χ4n) is 2.17. The highest BCUT2D eigenvalue weighted by Crippen LogP contribution is 2.23. The van der Waals surface area contributed by atoms with Crippen LogP contribution in [0.1, 0.15) is 10.4 Å². The predicted molar refractivity (Wildman–Crippen MR) is 73.7 cm³/mol. The van der Waals surface area contributed by atoms with Crippen molar-refractivity contribution in [3.8, 4) is 11.4 Å². The number of carboxylic acids is 1. The van der Waals surface area contributed by atoms with Crippen molar-refractivity contribution in [3.05, 3.63) is 52.4 Å². The Kier molecular flexibility index (Phi) is 2.64. The molecule has 1 aromatic carbocycles. The van der Waals surface area contributed by atoms with E-state index in [1.165, 1.54) is 18.2 Å². The maximum absolute atomic E-state index is 11.4. The number of carbonyl (C=O) groups is 1. The number of rotatable bonds is 2. The van der Waals surface area contributed by atoms with Crippen molar-refractivity contribution in [3.63, 3.8) is 0 Å². The van der Waals surface area contributed by atoms with Gasteiger partial charge in [0.2, 0.25) is 5.56 Å². The lowest BCUT2D eigenvalue weighted by molar-refractivity contribution is 0.0697. The van der Waals surface area contributed by atoms with Gasteiger partial charge >= 0.3 is 5.97 Å². The number of aryl methyl sites for hydroxylation is 1. The Morgan fingerprint density at radius 2 is 2.10 bits per heavy atom. The van der Waals surface area contributed by atoms with Crippen molar-refractivity contribution in [2.24, 2.45) is 7.05 Å². The number of nitrogens with one attached hydrogen (secondary N) is 1. The SMILES string of the molecule is Cn1c(-c2cc[nH]c(=O)c2)nc2cc(C(=O)O)ccc21. The van der Waals surface area contributed by atoms with Gasteiger partial charge in [0, 0.05) is 24.9 Å². The number of pyridine rings is 1. The summed E-state index contributed by atoms with van der Waals surface area (Å²) in [6.07, 6.45) is 1.56. The highest BCUT2D eigenvalue weighted by Gasteiger charge is 2.12. The quantitative estimate of drug-likeness (QED) is 0.740. The first-order valence-electron chi connectivity index (χ1n) is 5.95. The van der Waals surface area contributed by atoms with E-state index in [0.29, 0.717) is 16.9 Å². The lowest BCUT2D eigenvalue weighted by atomic mass is 10.2. The smallest absolute Gasteiger partial charge is 0.335 e. The van der Waals surface area contributed by atoms with Crippen molar-refractivity contribution < 1.29 is 9.90 Å². The van der Waals surface area contributed by atoms with Crippen molar-refractivity contribution in [1.29, 1.82) is 0 Å². The summed E-state index contributed by atoms with van der Waals surface area (Å²) in [6, 6.07) is 7.98. The average Bonchev–Trinajstić information content (AvgIpc) is 2.75. The summed E-state index contributed by atoms with van der Waals surface area (Å²) in [6.45, 7) is 0. The van der Waals surface area contributed by atoms with Gasteiger partial charge in [0.05, 0.1) is 16.6 Å². The van der Waals surface area contributed by atoms with Crippen LogP contribution < -0.4 is 5.56 Å². The molecule has 0 fully saturated rings. The molecular formula is C14H11N3O3. The summed E-state index contributed by atoms with van der Waals surface area (Å²) < 4.78 is 1.83. The van der Waals surface area contributed by atoms with Crippen LogP contribution in [-0.2, 0) is 7.05 Å². The number of imidazole rings is 1. The molecule has 6 nitrogen and oxygen atoms in total. The number of benzene rings is 1. The summed E-state index contributed by atoms with van der Waals surface area (Å²) in [7, 11) is 1.83. The Bertz CT molecular complexity index is 877. The third-order valence-electron chi connectivity index (χ3n) is 3.16. The topological polar surface area (TPSA) is 88.0 Å². The number of aromatic carboxylic acids is 1. The molecule has 0 bridgehead atoms. The zero-order chi connectivity index (χ0) is 14.3. The monoisotopic (exact) mass is 269 g/mol. The Morgan fingerprint density at radius 3 is 2.80 bits per heavy atom. The molecule has 0 spiro atoms.